The van der Waals surface area contributed by atoms with Crippen molar-refractivity contribution < 1.29 is 27.9 Å². The van der Waals surface area contributed by atoms with Gasteiger partial charge in [0, 0.05) is 19.8 Å². The zero-order chi connectivity index (χ0) is 16.1. The number of hydrogen-bond donors (Lipinski definition) is 0. The fourth-order valence-corrected chi connectivity index (χ4v) is 3.74. The predicted molar refractivity (Wildman–Crippen MR) is 82.5 cm³/mol. The molecular weight excluding hydrogens is 292 g/mol. The Kier molecular flexibility index (Phi) is 11.5. The standard InChI is InChI=1S/C14H28O6Si/c1-13(2)14(15)18-7-6-12-21(5,19-10-8-16-3)20-11-9-17-4/h1,6-12H2,2-5H3. The number of methoxy groups -OCH3 is 2. The quantitative estimate of drug-likeness (QED) is 0.223. The molecule has 0 spiro atoms. The van der Waals surface area contributed by atoms with Gasteiger partial charge in [-0.05, 0) is 25.9 Å². The van der Waals surface area contributed by atoms with Crippen LogP contribution in [0.15, 0.2) is 12.2 Å². The molecule has 0 unspecified atom stereocenters. The first-order chi connectivity index (χ1) is 9.95. The van der Waals surface area contributed by atoms with E-state index in [4.69, 9.17) is 23.1 Å². The van der Waals surface area contributed by atoms with Crippen LogP contribution >= 0.6 is 0 Å². The first-order valence-electron chi connectivity index (χ1n) is 7.03. The fraction of sp³-hybridized carbons (Fsp3) is 0.786. The molecule has 0 radical (unpaired) electrons. The molecule has 0 saturated heterocycles. The second-order valence-electron chi connectivity index (χ2n) is 4.84. The van der Waals surface area contributed by atoms with Crippen LogP contribution in [0.2, 0.25) is 12.6 Å². The van der Waals surface area contributed by atoms with Gasteiger partial charge in [0.25, 0.3) is 0 Å². The van der Waals surface area contributed by atoms with Gasteiger partial charge in [0.15, 0.2) is 0 Å². The highest BCUT2D eigenvalue weighted by Crippen LogP contribution is 2.16. The molecule has 6 nitrogen and oxygen atoms in total. The molecule has 0 saturated carbocycles. The summed E-state index contributed by atoms with van der Waals surface area (Å²) < 4.78 is 26.7. The summed E-state index contributed by atoms with van der Waals surface area (Å²) in [6.07, 6.45) is 0.696. The molecule has 0 fully saturated rings. The molecule has 0 aromatic carbocycles. The van der Waals surface area contributed by atoms with E-state index >= 15 is 0 Å². The van der Waals surface area contributed by atoms with E-state index in [1.807, 2.05) is 6.55 Å². The lowest BCUT2D eigenvalue weighted by Crippen LogP contribution is -2.40. The molecule has 0 rings (SSSR count). The fourth-order valence-electron chi connectivity index (χ4n) is 1.55. The molecule has 0 atom stereocenters. The maximum atomic E-state index is 11.3. The summed E-state index contributed by atoms with van der Waals surface area (Å²) in [5.41, 5.74) is 0.405. The molecule has 0 bridgehead atoms. The third-order valence-corrected chi connectivity index (χ3v) is 5.64. The largest absolute Gasteiger partial charge is 0.462 e. The second kappa shape index (κ2) is 11.9. The van der Waals surface area contributed by atoms with E-state index in [1.165, 1.54) is 0 Å². The van der Waals surface area contributed by atoms with E-state index in [0.717, 1.165) is 6.04 Å². The Morgan fingerprint density at radius 3 is 1.95 bits per heavy atom. The summed E-state index contributed by atoms with van der Waals surface area (Å²) in [5.74, 6) is -0.362. The van der Waals surface area contributed by atoms with Crippen molar-refractivity contribution in [2.24, 2.45) is 0 Å². The third kappa shape index (κ3) is 10.6. The lowest BCUT2D eigenvalue weighted by atomic mass is 10.4. The van der Waals surface area contributed by atoms with Crippen LogP contribution < -0.4 is 0 Å². The van der Waals surface area contributed by atoms with Crippen LogP contribution in [0.3, 0.4) is 0 Å². The Balaban J connectivity index is 4.12. The Bertz CT molecular complexity index is 298. The summed E-state index contributed by atoms with van der Waals surface area (Å²) in [5, 5.41) is 0. The van der Waals surface area contributed by atoms with Gasteiger partial charge in [-0.2, -0.15) is 0 Å². The van der Waals surface area contributed by atoms with Crippen LogP contribution in [0, 0.1) is 0 Å². The minimum Gasteiger partial charge on any atom is -0.462 e. The predicted octanol–water partition coefficient (Wildman–Crippen LogP) is 1.89. The zero-order valence-electron chi connectivity index (χ0n) is 13.6. The Morgan fingerprint density at radius 1 is 1.00 bits per heavy atom. The van der Waals surface area contributed by atoms with Gasteiger partial charge in [-0.1, -0.05) is 6.58 Å². The Hall–Kier alpha value is -0.733. The molecule has 0 aliphatic carbocycles. The van der Waals surface area contributed by atoms with Crippen LogP contribution in [0.5, 0.6) is 0 Å². The summed E-state index contributed by atoms with van der Waals surface area (Å²) >= 11 is 0. The van der Waals surface area contributed by atoms with Crippen molar-refractivity contribution in [1.29, 1.82) is 0 Å². The van der Waals surface area contributed by atoms with Crippen molar-refractivity contribution in [2.45, 2.75) is 25.9 Å². The molecule has 124 valence electrons. The SMILES string of the molecule is C=C(C)C(=O)OCCC[Si](C)(OCCOC)OCCOC. The van der Waals surface area contributed by atoms with Crippen molar-refractivity contribution >= 4 is 14.5 Å². The van der Waals surface area contributed by atoms with E-state index in [1.54, 1.807) is 21.1 Å². The van der Waals surface area contributed by atoms with Gasteiger partial charge in [-0.15, -0.1) is 0 Å². The smallest absolute Gasteiger partial charge is 0.335 e. The first kappa shape index (κ1) is 20.3. The van der Waals surface area contributed by atoms with Crippen molar-refractivity contribution in [3.8, 4) is 0 Å². The van der Waals surface area contributed by atoms with Gasteiger partial charge in [-0.25, -0.2) is 4.79 Å². The van der Waals surface area contributed by atoms with E-state index in [2.05, 4.69) is 6.58 Å². The minimum absolute atomic E-state index is 0.343. The van der Waals surface area contributed by atoms with Gasteiger partial charge >= 0.3 is 14.5 Å². The third-order valence-electron chi connectivity index (χ3n) is 2.75. The van der Waals surface area contributed by atoms with Crippen LogP contribution in [0.25, 0.3) is 0 Å². The average Bonchev–Trinajstić information content (AvgIpc) is 2.44. The van der Waals surface area contributed by atoms with Gasteiger partial charge in [-0.3, -0.25) is 0 Å². The number of carbonyl (C=O) groups is 1. The highest BCUT2D eigenvalue weighted by Gasteiger charge is 2.31. The molecule has 0 aliphatic heterocycles. The molecule has 0 N–H and O–H groups in total. The summed E-state index contributed by atoms with van der Waals surface area (Å²) in [6.45, 7) is 9.56. The summed E-state index contributed by atoms with van der Waals surface area (Å²) in [6, 6.07) is 0.740. The number of esters is 1. The monoisotopic (exact) mass is 320 g/mol. The van der Waals surface area contributed by atoms with Crippen LogP contribution in [0.1, 0.15) is 13.3 Å². The van der Waals surface area contributed by atoms with Gasteiger partial charge in [0.05, 0.1) is 33.0 Å². The van der Waals surface area contributed by atoms with E-state index in [0.29, 0.717) is 45.0 Å². The van der Waals surface area contributed by atoms with Crippen LogP contribution in [-0.4, -0.2) is 61.8 Å². The highest BCUT2D eigenvalue weighted by molar-refractivity contribution is 6.66. The number of hydrogen-bond acceptors (Lipinski definition) is 6. The second-order valence-corrected chi connectivity index (χ2v) is 8.18. The highest BCUT2D eigenvalue weighted by atomic mass is 28.4. The van der Waals surface area contributed by atoms with E-state index in [-0.39, 0.29) is 5.97 Å². The maximum Gasteiger partial charge on any atom is 0.335 e. The van der Waals surface area contributed by atoms with Gasteiger partial charge in [0.2, 0.25) is 0 Å². The molecule has 7 heteroatoms. The van der Waals surface area contributed by atoms with Crippen LogP contribution in [0.4, 0.5) is 0 Å². The van der Waals surface area contributed by atoms with Crippen LogP contribution in [-0.2, 0) is 27.9 Å². The lowest BCUT2D eigenvalue weighted by Gasteiger charge is -2.27. The van der Waals surface area contributed by atoms with Crippen molar-refractivity contribution in [3.05, 3.63) is 12.2 Å². The maximum absolute atomic E-state index is 11.3. The summed E-state index contributed by atoms with van der Waals surface area (Å²) in [4.78, 5) is 11.3. The Morgan fingerprint density at radius 2 is 1.52 bits per heavy atom. The average molecular weight is 320 g/mol. The number of carbonyl (C=O) groups excluding carboxylic acids is 1. The van der Waals surface area contributed by atoms with Gasteiger partial charge < -0.3 is 23.1 Å². The molecule has 0 aliphatic rings. The lowest BCUT2D eigenvalue weighted by molar-refractivity contribution is -0.138. The van der Waals surface area contributed by atoms with Crippen molar-refractivity contribution in [3.63, 3.8) is 0 Å². The number of ether oxygens (including phenoxy) is 3. The molecule has 0 amide bonds. The minimum atomic E-state index is -2.30. The topological polar surface area (TPSA) is 63.2 Å². The molecule has 0 aromatic heterocycles. The number of rotatable bonds is 13. The molecular formula is C14H28O6Si. The molecule has 0 aromatic rings. The van der Waals surface area contributed by atoms with E-state index in [9.17, 15) is 4.79 Å². The molecule has 0 heterocycles. The first-order valence-corrected chi connectivity index (χ1v) is 9.56. The Labute approximate surface area is 128 Å². The normalized spacial score (nSPS) is 11.4. The van der Waals surface area contributed by atoms with Gasteiger partial charge in [0.1, 0.15) is 0 Å². The van der Waals surface area contributed by atoms with E-state index < -0.39 is 8.56 Å². The van der Waals surface area contributed by atoms with Crippen molar-refractivity contribution in [2.75, 3.05) is 47.3 Å². The van der Waals surface area contributed by atoms with Crippen molar-refractivity contribution in [1.82, 2.24) is 0 Å². The summed E-state index contributed by atoms with van der Waals surface area (Å²) in [7, 11) is 0.963. The zero-order valence-corrected chi connectivity index (χ0v) is 14.6. The molecule has 21 heavy (non-hydrogen) atoms.